The van der Waals surface area contributed by atoms with Crippen molar-refractivity contribution in [2.24, 2.45) is 0 Å². The van der Waals surface area contributed by atoms with Crippen LogP contribution in [0.25, 0.3) is 0 Å². The summed E-state index contributed by atoms with van der Waals surface area (Å²) in [4.78, 5) is 12.2. The van der Waals surface area contributed by atoms with E-state index in [1.807, 2.05) is 18.2 Å². The first-order chi connectivity index (χ1) is 11.5. The Labute approximate surface area is 143 Å². The molecule has 2 rings (SSSR count). The Balaban J connectivity index is 1.84. The van der Waals surface area contributed by atoms with E-state index in [0.29, 0.717) is 18.7 Å². The molecule has 0 fully saturated rings. The van der Waals surface area contributed by atoms with Crippen molar-refractivity contribution in [3.63, 3.8) is 0 Å². The molecule has 0 saturated carbocycles. The molecule has 128 valence electrons. The molecule has 2 aromatic rings. The molecule has 0 spiro atoms. The van der Waals surface area contributed by atoms with Gasteiger partial charge in [0.05, 0.1) is 4.90 Å². The van der Waals surface area contributed by atoms with Gasteiger partial charge >= 0.3 is 0 Å². The largest absolute Gasteiger partial charge is 0.352 e. The van der Waals surface area contributed by atoms with Gasteiger partial charge in [0.1, 0.15) is 0 Å². The van der Waals surface area contributed by atoms with Crippen molar-refractivity contribution in [2.75, 3.05) is 13.1 Å². The zero-order valence-corrected chi connectivity index (χ0v) is 14.5. The normalized spacial score (nSPS) is 11.2. The molecule has 0 unspecified atom stereocenters. The fraction of sp³-hybridized carbons (Fsp3) is 0.278. The molecule has 0 saturated heterocycles. The Kier molecular flexibility index (Phi) is 6.52. The van der Waals surface area contributed by atoms with Crippen LogP contribution in [0.4, 0.5) is 0 Å². The van der Waals surface area contributed by atoms with E-state index in [1.165, 1.54) is 29.8 Å². The first kappa shape index (κ1) is 18.2. The molecule has 0 aliphatic carbocycles. The van der Waals surface area contributed by atoms with Crippen LogP contribution in [0.15, 0.2) is 59.5 Å². The van der Waals surface area contributed by atoms with Crippen LogP contribution in [0.1, 0.15) is 29.3 Å². The van der Waals surface area contributed by atoms with Crippen molar-refractivity contribution in [3.05, 3.63) is 65.7 Å². The maximum absolute atomic E-state index is 12.1. The summed E-state index contributed by atoms with van der Waals surface area (Å²) < 4.78 is 26.1. The number of carbonyl (C=O) groups excluding carboxylic acids is 1. The van der Waals surface area contributed by atoms with Gasteiger partial charge in [-0.1, -0.05) is 37.3 Å². The number of hydrogen-bond donors (Lipinski definition) is 2. The van der Waals surface area contributed by atoms with E-state index in [-0.39, 0.29) is 10.8 Å². The first-order valence-corrected chi connectivity index (χ1v) is 9.43. The summed E-state index contributed by atoms with van der Waals surface area (Å²) in [6, 6.07) is 16.0. The molecule has 2 aromatic carbocycles. The van der Waals surface area contributed by atoms with E-state index in [0.717, 1.165) is 12.8 Å². The van der Waals surface area contributed by atoms with Gasteiger partial charge in [-0.25, -0.2) is 13.1 Å². The van der Waals surface area contributed by atoms with Crippen molar-refractivity contribution in [2.45, 2.75) is 24.7 Å². The van der Waals surface area contributed by atoms with Crippen LogP contribution in [0.5, 0.6) is 0 Å². The summed E-state index contributed by atoms with van der Waals surface area (Å²) in [5.41, 5.74) is 1.69. The van der Waals surface area contributed by atoms with Gasteiger partial charge in [-0.15, -0.1) is 0 Å². The maximum Gasteiger partial charge on any atom is 0.251 e. The summed E-state index contributed by atoms with van der Waals surface area (Å²) >= 11 is 0. The van der Waals surface area contributed by atoms with Crippen LogP contribution in [0.3, 0.4) is 0 Å². The second kappa shape index (κ2) is 8.61. The SMILES string of the molecule is CCNS(=O)(=O)c1ccc(C(=O)NCCCc2ccccc2)cc1. The number of sulfonamides is 1. The first-order valence-electron chi connectivity index (χ1n) is 7.95. The van der Waals surface area contributed by atoms with Crippen molar-refractivity contribution < 1.29 is 13.2 Å². The predicted octanol–water partition coefficient (Wildman–Crippen LogP) is 2.35. The number of amides is 1. The minimum absolute atomic E-state index is 0.157. The van der Waals surface area contributed by atoms with Gasteiger partial charge < -0.3 is 5.32 Å². The van der Waals surface area contributed by atoms with Crippen LogP contribution < -0.4 is 10.0 Å². The standard InChI is InChI=1S/C18H22N2O3S/c1-2-20-24(22,23)17-12-10-16(11-13-17)18(21)19-14-6-9-15-7-4-3-5-8-15/h3-5,7-8,10-13,20H,2,6,9,14H2,1H3,(H,19,21). The van der Waals surface area contributed by atoms with Gasteiger partial charge in [0.25, 0.3) is 5.91 Å². The Bertz CT molecular complexity index is 757. The highest BCUT2D eigenvalue weighted by Crippen LogP contribution is 2.10. The van der Waals surface area contributed by atoms with E-state index >= 15 is 0 Å². The van der Waals surface area contributed by atoms with Gasteiger partial charge in [0, 0.05) is 18.7 Å². The third-order valence-corrected chi connectivity index (χ3v) is 5.09. The molecule has 0 aromatic heterocycles. The lowest BCUT2D eigenvalue weighted by molar-refractivity contribution is 0.0953. The van der Waals surface area contributed by atoms with Crippen molar-refractivity contribution in [1.82, 2.24) is 10.0 Å². The van der Waals surface area contributed by atoms with Crippen LogP contribution in [-0.2, 0) is 16.4 Å². The number of benzene rings is 2. The Hall–Kier alpha value is -2.18. The summed E-state index contributed by atoms with van der Waals surface area (Å²) in [6.45, 7) is 2.62. The molecule has 0 radical (unpaired) electrons. The fourth-order valence-electron chi connectivity index (χ4n) is 2.30. The summed E-state index contributed by atoms with van der Waals surface area (Å²) in [5.74, 6) is -0.199. The maximum atomic E-state index is 12.1. The number of aryl methyl sites for hydroxylation is 1. The van der Waals surface area contributed by atoms with Gasteiger partial charge in [-0.2, -0.15) is 0 Å². The predicted molar refractivity (Wildman–Crippen MR) is 94.4 cm³/mol. The zero-order chi connectivity index (χ0) is 17.4. The van der Waals surface area contributed by atoms with Gasteiger partial charge in [-0.05, 0) is 42.7 Å². The van der Waals surface area contributed by atoms with Crippen molar-refractivity contribution in [1.29, 1.82) is 0 Å². The van der Waals surface area contributed by atoms with Crippen LogP contribution >= 0.6 is 0 Å². The van der Waals surface area contributed by atoms with Crippen molar-refractivity contribution >= 4 is 15.9 Å². The second-order valence-electron chi connectivity index (χ2n) is 5.37. The minimum atomic E-state index is -3.49. The third kappa shape index (κ3) is 5.18. The van der Waals surface area contributed by atoms with Crippen molar-refractivity contribution in [3.8, 4) is 0 Å². The third-order valence-electron chi connectivity index (χ3n) is 3.53. The fourth-order valence-corrected chi connectivity index (χ4v) is 3.34. The van der Waals surface area contributed by atoms with Crippen LogP contribution in [-0.4, -0.2) is 27.4 Å². The molecule has 0 aliphatic rings. The average Bonchev–Trinajstić information content (AvgIpc) is 2.59. The van der Waals surface area contributed by atoms with E-state index in [1.54, 1.807) is 6.92 Å². The molecular formula is C18H22N2O3S. The van der Waals surface area contributed by atoms with E-state index < -0.39 is 10.0 Å². The summed E-state index contributed by atoms with van der Waals surface area (Å²) in [7, 11) is -3.49. The molecule has 24 heavy (non-hydrogen) atoms. The minimum Gasteiger partial charge on any atom is -0.352 e. The Morgan fingerprint density at radius 2 is 1.67 bits per heavy atom. The Morgan fingerprint density at radius 1 is 1.00 bits per heavy atom. The zero-order valence-electron chi connectivity index (χ0n) is 13.7. The average molecular weight is 346 g/mol. The monoisotopic (exact) mass is 346 g/mol. The molecule has 6 heteroatoms. The highest BCUT2D eigenvalue weighted by Gasteiger charge is 2.13. The molecule has 0 atom stereocenters. The second-order valence-corrected chi connectivity index (χ2v) is 7.14. The van der Waals surface area contributed by atoms with E-state index in [4.69, 9.17) is 0 Å². The molecule has 5 nitrogen and oxygen atoms in total. The molecular weight excluding hydrogens is 324 g/mol. The molecule has 0 bridgehead atoms. The molecule has 0 heterocycles. The lowest BCUT2D eigenvalue weighted by Crippen LogP contribution is -2.25. The summed E-state index contributed by atoms with van der Waals surface area (Å²) in [6.07, 6.45) is 1.75. The van der Waals surface area contributed by atoms with Crippen LogP contribution in [0, 0.1) is 0 Å². The number of nitrogens with one attached hydrogen (secondary N) is 2. The van der Waals surface area contributed by atoms with E-state index in [9.17, 15) is 13.2 Å². The Morgan fingerprint density at radius 3 is 2.29 bits per heavy atom. The smallest absolute Gasteiger partial charge is 0.251 e. The number of rotatable bonds is 8. The van der Waals surface area contributed by atoms with Gasteiger partial charge in [-0.3, -0.25) is 4.79 Å². The molecule has 1 amide bonds. The summed E-state index contributed by atoms with van der Waals surface area (Å²) in [5, 5.41) is 2.85. The van der Waals surface area contributed by atoms with Gasteiger partial charge in [0.15, 0.2) is 0 Å². The lowest BCUT2D eigenvalue weighted by atomic mass is 10.1. The topological polar surface area (TPSA) is 75.3 Å². The number of carbonyl (C=O) groups is 1. The van der Waals surface area contributed by atoms with E-state index in [2.05, 4.69) is 22.2 Å². The molecule has 0 aliphatic heterocycles. The van der Waals surface area contributed by atoms with Crippen LogP contribution in [0.2, 0.25) is 0 Å². The quantitative estimate of drug-likeness (QED) is 0.721. The number of hydrogen-bond acceptors (Lipinski definition) is 3. The highest BCUT2D eigenvalue weighted by molar-refractivity contribution is 7.89. The van der Waals surface area contributed by atoms with Gasteiger partial charge in [0.2, 0.25) is 10.0 Å². The molecule has 2 N–H and O–H groups in total. The lowest BCUT2D eigenvalue weighted by Gasteiger charge is -2.07. The highest BCUT2D eigenvalue weighted by atomic mass is 32.2.